The van der Waals surface area contributed by atoms with Crippen LogP contribution in [0.25, 0.3) is 0 Å². The van der Waals surface area contributed by atoms with Crippen molar-refractivity contribution in [3.63, 3.8) is 0 Å². The summed E-state index contributed by atoms with van der Waals surface area (Å²) in [6.45, 7) is 4.36. The highest BCUT2D eigenvalue weighted by molar-refractivity contribution is 5.76. The van der Waals surface area contributed by atoms with Gasteiger partial charge in [0.2, 0.25) is 5.91 Å². The minimum atomic E-state index is -1.57. The summed E-state index contributed by atoms with van der Waals surface area (Å²) < 4.78 is 16.8. The predicted molar refractivity (Wildman–Crippen MR) is 408 cm³/mol. The smallest absolute Gasteiger partial charge is 0.305 e. The SMILES string of the molecule is CCCCCC/C=C/CC/C=C/C(O)C(COC1OC(CO)C(O)C(O)C1O)NC(=O)CCCCCCCCCCCCCCCCCCCCCCCCCCCCCCCCCCCCCCCCCOC(=O)CCCCCCCCCCCCCCCCCCCCC. The monoisotopic (exact) mass is 1360 g/mol. The fourth-order valence-electron chi connectivity index (χ4n) is 13.9. The third kappa shape index (κ3) is 62.0. The normalized spacial score (nSPS) is 17.3. The number of rotatable bonds is 77. The molecule has 0 aromatic rings. The third-order valence-electron chi connectivity index (χ3n) is 20.6. The molecule has 6 N–H and O–H groups in total. The molecule has 0 bridgehead atoms. The van der Waals surface area contributed by atoms with Gasteiger partial charge in [0.15, 0.2) is 6.29 Å². The van der Waals surface area contributed by atoms with Crippen molar-refractivity contribution >= 4 is 11.9 Å². The Morgan fingerprint density at radius 3 is 1.03 bits per heavy atom. The number of allylic oxidation sites excluding steroid dienone is 3. The van der Waals surface area contributed by atoms with Gasteiger partial charge in [0.05, 0.1) is 32.0 Å². The summed E-state index contributed by atoms with van der Waals surface area (Å²) in [4.78, 5) is 25.2. The molecule has 11 nitrogen and oxygen atoms in total. The average Bonchev–Trinajstić information content (AvgIpc) is 0.836. The number of ether oxygens (including phenoxy) is 3. The van der Waals surface area contributed by atoms with E-state index in [-0.39, 0.29) is 18.5 Å². The van der Waals surface area contributed by atoms with Crippen molar-refractivity contribution in [2.24, 2.45) is 0 Å². The third-order valence-corrected chi connectivity index (χ3v) is 20.6. The molecular weight excluding hydrogens is 1190 g/mol. The molecule has 568 valence electrons. The number of carbonyl (C=O) groups is 2. The van der Waals surface area contributed by atoms with Gasteiger partial charge in [0.1, 0.15) is 24.4 Å². The highest BCUT2D eigenvalue weighted by Crippen LogP contribution is 2.24. The van der Waals surface area contributed by atoms with Crippen molar-refractivity contribution in [1.29, 1.82) is 0 Å². The number of aliphatic hydroxyl groups excluding tert-OH is 5. The molecule has 0 aromatic carbocycles. The van der Waals surface area contributed by atoms with Crippen LogP contribution in [0.2, 0.25) is 0 Å². The van der Waals surface area contributed by atoms with Gasteiger partial charge in [0, 0.05) is 12.8 Å². The molecule has 7 atom stereocenters. The van der Waals surface area contributed by atoms with Crippen LogP contribution in [-0.4, -0.2) is 100 Å². The number of nitrogens with one attached hydrogen (secondary N) is 1. The number of esters is 1. The molecule has 0 saturated carbocycles. The molecule has 7 unspecified atom stereocenters. The molecule has 1 aliphatic rings. The number of unbranched alkanes of at least 4 members (excludes halogenated alkanes) is 61. The van der Waals surface area contributed by atoms with Gasteiger partial charge in [-0.3, -0.25) is 9.59 Å². The number of aliphatic hydroxyl groups is 5. The highest BCUT2D eigenvalue weighted by Gasteiger charge is 2.44. The first-order valence-electron chi connectivity index (χ1n) is 42.6. The van der Waals surface area contributed by atoms with Crippen LogP contribution in [0.15, 0.2) is 24.3 Å². The summed E-state index contributed by atoms with van der Waals surface area (Å²) in [5.41, 5.74) is 0. The van der Waals surface area contributed by atoms with Crippen molar-refractivity contribution in [3.8, 4) is 0 Å². The Labute approximate surface area is 594 Å². The van der Waals surface area contributed by atoms with Crippen LogP contribution in [0, 0.1) is 0 Å². The molecule has 11 heteroatoms. The molecule has 1 saturated heterocycles. The van der Waals surface area contributed by atoms with E-state index in [1.165, 1.54) is 366 Å². The minimum Gasteiger partial charge on any atom is -0.466 e. The second kappa shape index (κ2) is 74.3. The van der Waals surface area contributed by atoms with Gasteiger partial charge in [-0.05, 0) is 44.9 Å². The second-order valence-corrected chi connectivity index (χ2v) is 29.9. The van der Waals surface area contributed by atoms with E-state index >= 15 is 0 Å². The number of carbonyl (C=O) groups excluding carboxylic acids is 2. The topological polar surface area (TPSA) is 175 Å². The minimum absolute atomic E-state index is 0.0241. The maximum atomic E-state index is 13.0. The zero-order valence-electron chi connectivity index (χ0n) is 63.6. The first-order valence-corrected chi connectivity index (χ1v) is 42.6. The van der Waals surface area contributed by atoms with E-state index in [1.54, 1.807) is 6.08 Å². The predicted octanol–water partition coefficient (Wildman–Crippen LogP) is 23.5. The zero-order chi connectivity index (χ0) is 69.4. The van der Waals surface area contributed by atoms with Gasteiger partial charge in [-0.1, -0.05) is 411 Å². The van der Waals surface area contributed by atoms with Crippen LogP contribution < -0.4 is 5.32 Å². The van der Waals surface area contributed by atoms with Crippen molar-refractivity contribution in [3.05, 3.63) is 24.3 Å². The van der Waals surface area contributed by atoms with Gasteiger partial charge < -0.3 is 45.1 Å². The molecule has 0 aromatic heterocycles. The lowest BCUT2D eigenvalue weighted by Crippen LogP contribution is -2.60. The van der Waals surface area contributed by atoms with Crippen LogP contribution in [0.4, 0.5) is 0 Å². The molecule has 1 aliphatic heterocycles. The lowest BCUT2D eigenvalue weighted by molar-refractivity contribution is -0.302. The van der Waals surface area contributed by atoms with Gasteiger partial charge in [-0.15, -0.1) is 0 Å². The molecule has 96 heavy (non-hydrogen) atoms. The summed E-state index contributed by atoms with van der Waals surface area (Å²) >= 11 is 0. The van der Waals surface area contributed by atoms with E-state index in [2.05, 4.69) is 31.3 Å². The first kappa shape index (κ1) is 92.2. The molecule has 0 aliphatic carbocycles. The largest absolute Gasteiger partial charge is 0.466 e. The summed E-state index contributed by atoms with van der Waals surface area (Å²) in [5.74, 6) is -0.161. The van der Waals surface area contributed by atoms with E-state index in [0.717, 1.165) is 51.4 Å². The Balaban J connectivity index is 1.82. The zero-order valence-corrected chi connectivity index (χ0v) is 63.6. The van der Waals surface area contributed by atoms with Crippen LogP contribution >= 0.6 is 0 Å². The van der Waals surface area contributed by atoms with Gasteiger partial charge in [0.25, 0.3) is 0 Å². The standard InChI is InChI=1S/C85H163NO10/c1-3-5-7-9-11-13-15-16-17-18-40-44-47-50-53-57-61-65-69-73-81(90)94-74-70-66-62-58-54-51-48-45-42-39-37-35-33-31-29-27-25-23-21-19-20-22-24-26-28-30-32-34-36-38-41-43-46-49-52-56-60-64-68-72-80(89)86-77(76-95-85-84(93)83(92)82(91)79(75-87)96-85)78(88)71-67-63-59-55-14-12-10-8-6-4-2/h14,55,67,71,77-79,82-85,87-88,91-93H,3-13,15-54,56-66,68-70,72-76H2,1-2H3,(H,86,89)/b55-14+,71-67+. The molecular formula is C85H163NO10. The number of amides is 1. The van der Waals surface area contributed by atoms with E-state index in [0.29, 0.717) is 19.4 Å². The lowest BCUT2D eigenvalue weighted by atomic mass is 9.99. The molecule has 1 rings (SSSR count). The van der Waals surface area contributed by atoms with Crippen LogP contribution in [0.5, 0.6) is 0 Å². The van der Waals surface area contributed by atoms with Gasteiger partial charge in [-0.25, -0.2) is 0 Å². The maximum absolute atomic E-state index is 13.0. The number of hydrogen-bond acceptors (Lipinski definition) is 10. The van der Waals surface area contributed by atoms with Crippen LogP contribution in [0.3, 0.4) is 0 Å². The Hall–Kier alpha value is -1.86. The summed E-state index contributed by atoms with van der Waals surface area (Å²) in [5, 5.41) is 54.4. The quantitative estimate of drug-likeness (QED) is 0.0195. The fourth-order valence-corrected chi connectivity index (χ4v) is 13.9. The van der Waals surface area contributed by atoms with E-state index in [4.69, 9.17) is 14.2 Å². The van der Waals surface area contributed by atoms with Crippen LogP contribution in [-0.2, 0) is 23.8 Å². The van der Waals surface area contributed by atoms with Crippen molar-refractivity contribution in [2.45, 2.75) is 487 Å². The number of hydrogen-bond donors (Lipinski definition) is 6. The first-order chi connectivity index (χ1) is 47.2. The Kier molecular flexibility index (Phi) is 71.4. The molecule has 1 amide bonds. The highest BCUT2D eigenvalue weighted by atomic mass is 16.7. The second-order valence-electron chi connectivity index (χ2n) is 29.9. The van der Waals surface area contributed by atoms with E-state index in [1.807, 2.05) is 6.08 Å². The lowest BCUT2D eigenvalue weighted by Gasteiger charge is -2.40. The average molecular weight is 1360 g/mol. The fraction of sp³-hybridized carbons (Fsp3) is 0.929. The molecule has 1 fully saturated rings. The van der Waals surface area contributed by atoms with E-state index < -0.39 is 49.5 Å². The van der Waals surface area contributed by atoms with E-state index in [9.17, 15) is 35.1 Å². The summed E-state index contributed by atoms with van der Waals surface area (Å²) in [7, 11) is 0. The van der Waals surface area contributed by atoms with Crippen molar-refractivity contribution < 1.29 is 49.3 Å². The molecule has 1 heterocycles. The molecule has 0 radical (unpaired) electrons. The van der Waals surface area contributed by atoms with Gasteiger partial charge >= 0.3 is 5.97 Å². The molecule has 0 spiro atoms. The maximum Gasteiger partial charge on any atom is 0.305 e. The Morgan fingerprint density at radius 2 is 0.677 bits per heavy atom. The van der Waals surface area contributed by atoms with Gasteiger partial charge in [-0.2, -0.15) is 0 Å². The van der Waals surface area contributed by atoms with Crippen molar-refractivity contribution in [2.75, 3.05) is 19.8 Å². The Morgan fingerprint density at radius 1 is 0.375 bits per heavy atom. The summed E-state index contributed by atoms with van der Waals surface area (Å²) in [6, 6.07) is -0.822. The van der Waals surface area contributed by atoms with Crippen molar-refractivity contribution in [1.82, 2.24) is 5.32 Å². The summed E-state index contributed by atoms with van der Waals surface area (Å²) in [6.07, 6.45) is 86.9. The van der Waals surface area contributed by atoms with Crippen LogP contribution in [0.1, 0.15) is 444 Å². The Bertz CT molecular complexity index is 1640.